The summed E-state index contributed by atoms with van der Waals surface area (Å²) in [6, 6.07) is 4.30. The van der Waals surface area contributed by atoms with Crippen molar-refractivity contribution in [1.82, 2.24) is 9.88 Å². The summed E-state index contributed by atoms with van der Waals surface area (Å²) in [5.41, 5.74) is 1.37. The average molecular weight is 224 g/mol. The molecule has 0 aliphatic heterocycles. The van der Waals surface area contributed by atoms with Crippen LogP contribution >= 0.6 is 0 Å². The molecule has 1 heterocycles. The summed E-state index contributed by atoms with van der Waals surface area (Å²) in [6.45, 7) is 9.01. The zero-order valence-electron chi connectivity index (χ0n) is 10.5. The maximum atomic E-state index is 5.34. The number of aromatic nitrogens is 1. The molecule has 0 atom stereocenters. The van der Waals surface area contributed by atoms with E-state index in [0.717, 1.165) is 39.3 Å². The van der Waals surface area contributed by atoms with Gasteiger partial charge in [-0.1, -0.05) is 6.92 Å². The summed E-state index contributed by atoms with van der Waals surface area (Å²) in [4.78, 5) is 0. The number of aryl methyl sites for hydroxylation is 1. The topological polar surface area (TPSA) is 26.2 Å². The molecule has 0 unspecified atom stereocenters. The van der Waals surface area contributed by atoms with Gasteiger partial charge in [0.2, 0.25) is 0 Å². The smallest absolute Gasteiger partial charge is 0.0482 e. The lowest BCUT2D eigenvalue weighted by atomic mass is 10.3. The van der Waals surface area contributed by atoms with Crippen molar-refractivity contribution in [1.29, 1.82) is 0 Å². The SMILES string of the molecule is CCCNCc1cccn1CCCOCC. The van der Waals surface area contributed by atoms with E-state index in [2.05, 4.69) is 35.1 Å². The molecule has 3 heteroatoms. The number of nitrogens with one attached hydrogen (secondary N) is 1. The van der Waals surface area contributed by atoms with Crippen LogP contribution in [0.5, 0.6) is 0 Å². The average Bonchev–Trinajstić information content (AvgIpc) is 2.73. The Morgan fingerprint density at radius 3 is 3.00 bits per heavy atom. The molecule has 1 N–H and O–H groups in total. The van der Waals surface area contributed by atoms with Gasteiger partial charge in [0.15, 0.2) is 0 Å². The minimum atomic E-state index is 0.816. The van der Waals surface area contributed by atoms with Crippen molar-refractivity contribution in [2.24, 2.45) is 0 Å². The molecular weight excluding hydrogens is 200 g/mol. The molecule has 1 aromatic rings. The quantitative estimate of drug-likeness (QED) is 0.652. The van der Waals surface area contributed by atoms with Gasteiger partial charge in [0.1, 0.15) is 0 Å². The lowest BCUT2D eigenvalue weighted by molar-refractivity contribution is 0.141. The first-order chi connectivity index (χ1) is 7.88. The molecule has 16 heavy (non-hydrogen) atoms. The second-order valence-electron chi connectivity index (χ2n) is 3.92. The van der Waals surface area contributed by atoms with Crippen molar-refractivity contribution < 1.29 is 4.74 Å². The Hall–Kier alpha value is -0.800. The monoisotopic (exact) mass is 224 g/mol. The molecule has 1 rings (SSSR count). The highest BCUT2D eigenvalue weighted by Gasteiger charge is 1.99. The van der Waals surface area contributed by atoms with Crippen LogP contribution in [0.3, 0.4) is 0 Å². The van der Waals surface area contributed by atoms with E-state index in [1.54, 1.807) is 0 Å². The lowest BCUT2D eigenvalue weighted by Crippen LogP contribution is -2.17. The molecule has 0 fully saturated rings. The number of hydrogen-bond donors (Lipinski definition) is 1. The van der Waals surface area contributed by atoms with Crippen LogP contribution in [0.1, 0.15) is 32.4 Å². The second-order valence-corrected chi connectivity index (χ2v) is 3.92. The molecule has 0 bridgehead atoms. The predicted octanol–water partition coefficient (Wildman–Crippen LogP) is 2.41. The fourth-order valence-electron chi connectivity index (χ4n) is 1.70. The molecule has 0 aliphatic carbocycles. The van der Waals surface area contributed by atoms with Gasteiger partial charge in [-0.15, -0.1) is 0 Å². The standard InChI is InChI=1S/C13H24N2O/c1-3-8-14-12-13-7-5-9-15(13)10-6-11-16-4-2/h5,7,9,14H,3-4,6,8,10-12H2,1-2H3. The van der Waals surface area contributed by atoms with Gasteiger partial charge in [0.25, 0.3) is 0 Å². The molecule has 0 aromatic carbocycles. The molecule has 3 nitrogen and oxygen atoms in total. The normalized spacial score (nSPS) is 10.9. The highest BCUT2D eigenvalue weighted by molar-refractivity contribution is 5.06. The van der Waals surface area contributed by atoms with Gasteiger partial charge in [-0.3, -0.25) is 0 Å². The van der Waals surface area contributed by atoms with Crippen LogP contribution in [0.25, 0.3) is 0 Å². The largest absolute Gasteiger partial charge is 0.382 e. The maximum absolute atomic E-state index is 5.34. The Balaban J connectivity index is 2.26. The van der Waals surface area contributed by atoms with Crippen molar-refractivity contribution in [2.75, 3.05) is 19.8 Å². The van der Waals surface area contributed by atoms with Gasteiger partial charge < -0.3 is 14.6 Å². The Kier molecular flexibility index (Phi) is 6.93. The number of ether oxygens (including phenoxy) is 1. The van der Waals surface area contributed by atoms with Crippen LogP contribution in [-0.4, -0.2) is 24.3 Å². The van der Waals surface area contributed by atoms with Crippen molar-refractivity contribution in [2.45, 2.75) is 39.8 Å². The third-order valence-corrected chi connectivity index (χ3v) is 2.55. The van der Waals surface area contributed by atoms with E-state index in [1.807, 2.05) is 6.92 Å². The summed E-state index contributed by atoms with van der Waals surface area (Å²) in [5, 5.41) is 3.43. The number of hydrogen-bond acceptors (Lipinski definition) is 2. The van der Waals surface area contributed by atoms with Crippen LogP contribution in [0.15, 0.2) is 18.3 Å². The molecule has 1 aromatic heterocycles. The first kappa shape index (κ1) is 13.3. The van der Waals surface area contributed by atoms with E-state index in [4.69, 9.17) is 4.74 Å². The highest BCUT2D eigenvalue weighted by atomic mass is 16.5. The zero-order valence-corrected chi connectivity index (χ0v) is 10.5. The van der Waals surface area contributed by atoms with E-state index >= 15 is 0 Å². The molecule has 0 spiro atoms. The first-order valence-corrected chi connectivity index (χ1v) is 6.31. The lowest BCUT2D eigenvalue weighted by Gasteiger charge is -2.09. The summed E-state index contributed by atoms with van der Waals surface area (Å²) in [6.07, 6.45) is 4.42. The Morgan fingerprint density at radius 2 is 2.25 bits per heavy atom. The zero-order chi connectivity index (χ0) is 11.6. The van der Waals surface area contributed by atoms with Crippen LogP contribution in [0.4, 0.5) is 0 Å². The van der Waals surface area contributed by atoms with Crippen molar-refractivity contribution >= 4 is 0 Å². The Labute approximate surface area is 98.8 Å². The van der Waals surface area contributed by atoms with Gasteiger partial charge in [0, 0.05) is 38.2 Å². The Morgan fingerprint density at radius 1 is 1.38 bits per heavy atom. The summed E-state index contributed by atoms with van der Waals surface area (Å²) >= 11 is 0. The molecule has 92 valence electrons. The van der Waals surface area contributed by atoms with Gasteiger partial charge in [-0.2, -0.15) is 0 Å². The molecular formula is C13H24N2O. The molecule has 0 amide bonds. The van der Waals surface area contributed by atoms with E-state index < -0.39 is 0 Å². The maximum Gasteiger partial charge on any atom is 0.0482 e. The van der Waals surface area contributed by atoms with E-state index in [9.17, 15) is 0 Å². The minimum Gasteiger partial charge on any atom is -0.382 e. The van der Waals surface area contributed by atoms with Gasteiger partial charge in [0.05, 0.1) is 0 Å². The summed E-state index contributed by atoms with van der Waals surface area (Å²) in [7, 11) is 0. The van der Waals surface area contributed by atoms with E-state index in [1.165, 1.54) is 12.1 Å². The molecule has 0 saturated carbocycles. The van der Waals surface area contributed by atoms with E-state index in [0.29, 0.717) is 0 Å². The fraction of sp³-hybridized carbons (Fsp3) is 0.692. The highest BCUT2D eigenvalue weighted by Crippen LogP contribution is 2.03. The van der Waals surface area contributed by atoms with Crippen molar-refractivity contribution in [3.05, 3.63) is 24.0 Å². The molecule has 0 radical (unpaired) electrons. The van der Waals surface area contributed by atoms with Crippen LogP contribution in [0, 0.1) is 0 Å². The van der Waals surface area contributed by atoms with Crippen LogP contribution < -0.4 is 5.32 Å². The van der Waals surface area contributed by atoms with E-state index in [-0.39, 0.29) is 0 Å². The predicted molar refractivity (Wildman–Crippen MR) is 67.5 cm³/mol. The Bertz CT molecular complexity index is 271. The fourth-order valence-corrected chi connectivity index (χ4v) is 1.70. The van der Waals surface area contributed by atoms with Gasteiger partial charge in [-0.25, -0.2) is 0 Å². The minimum absolute atomic E-state index is 0.816. The molecule has 0 saturated heterocycles. The summed E-state index contributed by atoms with van der Waals surface area (Å²) in [5.74, 6) is 0. The van der Waals surface area contributed by atoms with Crippen molar-refractivity contribution in [3.63, 3.8) is 0 Å². The number of rotatable bonds is 9. The van der Waals surface area contributed by atoms with Gasteiger partial charge >= 0.3 is 0 Å². The number of nitrogens with zero attached hydrogens (tertiary/aromatic N) is 1. The second kappa shape index (κ2) is 8.36. The molecule has 0 aliphatic rings. The third kappa shape index (κ3) is 4.81. The van der Waals surface area contributed by atoms with Crippen LogP contribution in [0.2, 0.25) is 0 Å². The summed E-state index contributed by atoms with van der Waals surface area (Å²) < 4.78 is 7.65. The van der Waals surface area contributed by atoms with Crippen molar-refractivity contribution in [3.8, 4) is 0 Å². The van der Waals surface area contributed by atoms with Crippen LogP contribution in [-0.2, 0) is 17.8 Å². The first-order valence-electron chi connectivity index (χ1n) is 6.31. The van der Waals surface area contributed by atoms with Gasteiger partial charge in [-0.05, 0) is 38.4 Å². The third-order valence-electron chi connectivity index (χ3n) is 2.55.